The zero-order valence-electron chi connectivity index (χ0n) is 11.1. The van der Waals surface area contributed by atoms with E-state index in [4.69, 9.17) is 4.74 Å². The molecule has 0 N–H and O–H groups in total. The Bertz CT molecular complexity index is 442. The molecule has 118 valence electrons. The second kappa shape index (κ2) is 7.95. The highest BCUT2D eigenvalue weighted by Gasteiger charge is 2.31. The summed E-state index contributed by atoms with van der Waals surface area (Å²) in [7, 11) is 0. The lowest BCUT2D eigenvalue weighted by Crippen LogP contribution is -2.16. The van der Waals surface area contributed by atoms with Crippen LogP contribution in [0.3, 0.4) is 0 Å². The Labute approximate surface area is 118 Å². The van der Waals surface area contributed by atoms with Gasteiger partial charge in [-0.15, -0.1) is 0 Å². The number of carbonyl (C=O) groups is 1. The zero-order valence-corrected chi connectivity index (χ0v) is 11.1. The standard InChI is InChI=1S/C14H15F5O2/c15-11-6-4-10(5-7-11)13(20)21-8-2-1-3-12(16)9-14(17,18)19/h4-7,12H,1-3,8-9H2. The summed E-state index contributed by atoms with van der Waals surface area (Å²) in [5.74, 6) is -1.13. The van der Waals surface area contributed by atoms with Crippen LogP contribution in [-0.4, -0.2) is 24.9 Å². The number of carbonyl (C=O) groups excluding carboxylic acids is 1. The van der Waals surface area contributed by atoms with Crippen molar-refractivity contribution in [2.24, 2.45) is 0 Å². The van der Waals surface area contributed by atoms with E-state index in [2.05, 4.69) is 0 Å². The average molecular weight is 310 g/mol. The number of rotatable bonds is 7. The van der Waals surface area contributed by atoms with Crippen molar-refractivity contribution < 1.29 is 31.5 Å². The zero-order chi connectivity index (χ0) is 15.9. The SMILES string of the molecule is O=C(OCCCCC(F)CC(F)(F)F)c1ccc(F)cc1. The molecule has 0 amide bonds. The molecule has 0 aliphatic carbocycles. The number of halogens is 5. The van der Waals surface area contributed by atoms with E-state index in [0.717, 1.165) is 12.1 Å². The van der Waals surface area contributed by atoms with E-state index in [1.165, 1.54) is 12.1 Å². The number of hydrogen-bond donors (Lipinski definition) is 0. The van der Waals surface area contributed by atoms with Gasteiger partial charge in [-0.3, -0.25) is 0 Å². The number of benzene rings is 1. The van der Waals surface area contributed by atoms with Crippen molar-refractivity contribution >= 4 is 5.97 Å². The molecular weight excluding hydrogens is 295 g/mol. The van der Waals surface area contributed by atoms with E-state index < -0.39 is 30.6 Å². The molecule has 7 heteroatoms. The fourth-order valence-electron chi connectivity index (χ4n) is 1.66. The van der Waals surface area contributed by atoms with Crippen LogP contribution >= 0.6 is 0 Å². The third-order valence-electron chi connectivity index (χ3n) is 2.68. The molecule has 1 atom stereocenters. The molecule has 0 spiro atoms. The molecule has 1 aromatic carbocycles. The Morgan fingerprint density at radius 1 is 1.14 bits per heavy atom. The molecule has 0 aliphatic rings. The molecule has 1 aromatic rings. The van der Waals surface area contributed by atoms with E-state index in [0.29, 0.717) is 0 Å². The minimum absolute atomic E-state index is 0.0189. The lowest BCUT2D eigenvalue weighted by atomic mass is 10.1. The summed E-state index contributed by atoms with van der Waals surface area (Å²) in [4.78, 5) is 11.5. The molecular formula is C14H15F5O2. The van der Waals surface area contributed by atoms with Crippen molar-refractivity contribution in [2.75, 3.05) is 6.61 Å². The third-order valence-corrected chi connectivity index (χ3v) is 2.68. The first-order valence-corrected chi connectivity index (χ1v) is 6.41. The maximum Gasteiger partial charge on any atom is 0.391 e. The van der Waals surface area contributed by atoms with Crippen molar-refractivity contribution in [1.82, 2.24) is 0 Å². The first-order valence-electron chi connectivity index (χ1n) is 6.41. The number of esters is 1. The minimum atomic E-state index is -4.51. The molecule has 0 heterocycles. The van der Waals surface area contributed by atoms with Crippen LogP contribution in [0.1, 0.15) is 36.0 Å². The van der Waals surface area contributed by atoms with Gasteiger partial charge in [0.15, 0.2) is 0 Å². The van der Waals surface area contributed by atoms with Gasteiger partial charge >= 0.3 is 12.1 Å². The second-order valence-electron chi connectivity index (χ2n) is 4.56. The Balaban J connectivity index is 2.17. The normalized spacial score (nSPS) is 13.0. The van der Waals surface area contributed by atoms with Gasteiger partial charge in [-0.05, 0) is 43.5 Å². The molecule has 0 aliphatic heterocycles. The molecule has 0 saturated carbocycles. The van der Waals surface area contributed by atoms with Crippen molar-refractivity contribution in [2.45, 2.75) is 38.0 Å². The van der Waals surface area contributed by atoms with Crippen LogP contribution in [0, 0.1) is 5.82 Å². The Kier molecular flexibility index (Phi) is 6.58. The van der Waals surface area contributed by atoms with Crippen molar-refractivity contribution in [3.63, 3.8) is 0 Å². The summed E-state index contributed by atoms with van der Waals surface area (Å²) in [6, 6.07) is 4.75. The average Bonchev–Trinajstić information content (AvgIpc) is 2.36. The molecule has 0 radical (unpaired) electrons. The molecule has 0 aromatic heterocycles. The van der Waals surface area contributed by atoms with Gasteiger partial charge in [0.1, 0.15) is 12.0 Å². The summed E-state index contributed by atoms with van der Waals surface area (Å²) in [5.41, 5.74) is 0.178. The summed E-state index contributed by atoms with van der Waals surface area (Å²) in [6.45, 7) is -0.0189. The number of hydrogen-bond acceptors (Lipinski definition) is 2. The summed E-state index contributed by atoms with van der Waals surface area (Å²) in [6.07, 6.45) is -7.67. The summed E-state index contributed by atoms with van der Waals surface area (Å²) < 4.78 is 66.0. The van der Waals surface area contributed by atoms with Gasteiger partial charge in [-0.1, -0.05) is 0 Å². The lowest BCUT2D eigenvalue weighted by molar-refractivity contribution is -0.146. The van der Waals surface area contributed by atoms with Crippen molar-refractivity contribution in [1.29, 1.82) is 0 Å². The molecule has 1 rings (SSSR count). The van der Waals surface area contributed by atoms with Crippen LogP contribution in [0.25, 0.3) is 0 Å². The highest BCUT2D eigenvalue weighted by atomic mass is 19.4. The second-order valence-corrected chi connectivity index (χ2v) is 4.56. The number of alkyl halides is 4. The van der Waals surface area contributed by atoms with Crippen LogP contribution in [0.2, 0.25) is 0 Å². The van der Waals surface area contributed by atoms with Crippen molar-refractivity contribution in [3.05, 3.63) is 35.6 Å². The van der Waals surface area contributed by atoms with Crippen LogP contribution < -0.4 is 0 Å². The smallest absolute Gasteiger partial charge is 0.391 e. The van der Waals surface area contributed by atoms with Crippen LogP contribution in [0.4, 0.5) is 22.0 Å². The van der Waals surface area contributed by atoms with E-state index >= 15 is 0 Å². The van der Waals surface area contributed by atoms with Crippen LogP contribution in [0.15, 0.2) is 24.3 Å². The Morgan fingerprint density at radius 2 is 1.76 bits per heavy atom. The predicted octanol–water partition coefficient (Wildman–Crippen LogP) is 4.44. The van der Waals surface area contributed by atoms with Gasteiger partial charge in [-0.2, -0.15) is 13.2 Å². The van der Waals surface area contributed by atoms with Gasteiger partial charge in [-0.25, -0.2) is 13.6 Å². The first-order chi connectivity index (χ1) is 9.78. The Morgan fingerprint density at radius 3 is 2.33 bits per heavy atom. The fraction of sp³-hybridized carbons (Fsp3) is 0.500. The van der Waals surface area contributed by atoms with Crippen molar-refractivity contribution in [3.8, 4) is 0 Å². The monoisotopic (exact) mass is 310 g/mol. The maximum atomic E-state index is 12.9. The third kappa shape index (κ3) is 7.63. The molecule has 0 fully saturated rings. The van der Waals surface area contributed by atoms with Gasteiger partial charge in [0, 0.05) is 0 Å². The largest absolute Gasteiger partial charge is 0.462 e. The quantitative estimate of drug-likeness (QED) is 0.423. The van der Waals surface area contributed by atoms with Gasteiger partial charge < -0.3 is 4.74 Å². The van der Waals surface area contributed by atoms with E-state index in [-0.39, 0.29) is 31.4 Å². The Hall–Kier alpha value is -1.66. The predicted molar refractivity (Wildman–Crippen MR) is 66.1 cm³/mol. The van der Waals surface area contributed by atoms with E-state index in [1.807, 2.05) is 0 Å². The molecule has 21 heavy (non-hydrogen) atoms. The van der Waals surface area contributed by atoms with E-state index in [1.54, 1.807) is 0 Å². The topological polar surface area (TPSA) is 26.3 Å². The molecule has 0 bridgehead atoms. The van der Waals surface area contributed by atoms with Gasteiger partial charge in [0.2, 0.25) is 0 Å². The molecule has 0 saturated heterocycles. The maximum absolute atomic E-state index is 12.9. The fourth-order valence-corrected chi connectivity index (χ4v) is 1.66. The number of unbranched alkanes of at least 4 members (excludes halogenated alkanes) is 1. The van der Waals surface area contributed by atoms with Gasteiger partial charge in [0.05, 0.1) is 18.6 Å². The summed E-state index contributed by atoms with van der Waals surface area (Å²) >= 11 is 0. The molecule has 1 unspecified atom stereocenters. The number of ether oxygens (including phenoxy) is 1. The highest BCUT2D eigenvalue weighted by molar-refractivity contribution is 5.89. The van der Waals surface area contributed by atoms with Crippen LogP contribution in [0.5, 0.6) is 0 Å². The minimum Gasteiger partial charge on any atom is -0.462 e. The van der Waals surface area contributed by atoms with E-state index in [9.17, 15) is 26.7 Å². The first kappa shape index (κ1) is 17.4. The lowest BCUT2D eigenvalue weighted by Gasteiger charge is -2.10. The highest BCUT2D eigenvalue weighted by Crippen LogP contribution is 2.25. The van der Waals surface area contributed by atoms with Crippen LogP contribution in [-0.2, 0) is 4.74 Å². The van der Waals surface area contributed by atoms with Gasteiger partial charge in [0.25, 0.3) is 0 Å². The summed E-state index contributed by atoms with van der Waals surface area (Å²) in [5, 5.41) is 0. The molecule has 2 nitrogen and oxygen atoms in total.